The van der Waals surface area contributed by atoms with Gasteiger partial charge in [-0.25, -0.2) is 0 Å². The van der Waals surface area contributed by atoms with Crippen LogP contribution in [-0.4, -0.2) is 23.4 Å². The summed E-state index contributed by atoms with van der Waals surface area (Å²) in [5.41, 5.74) is 0.930. The van der Waals surface area contributed by atoms with E-state index in [1.54, 1.807) is 6.07 Å². The molecule has 1 fully saturated rings. The summed E-state index contributed by atoms with van der Waals surface area (Å²) in [5, 5.41) is 16.9. The van der Waals surface area contributed by atoms with E-state index in [-0.39, 0.29) is 17.6 Å². The predicted molar refractivity (Wildman–Crippen MR) is 77.0 cm³/mol. The molecule has 6 nitrogen and oxygen atoms in total. The highest BCUT2D eigenvalue weighted by molar-refractivity contribution is 6.00. The molecule has 0 aromatic heterocycles. The average Bonchev–Trinajstić information content (AvgIpc) is 2.40. The van der Waals surface area contributed by atoms with E-state index in [4.69, 9.17) is 0 Å². The van der Waals surface area contributed by atoms with Crippen LogP contribution in [-0.2, 0) is 0 Å². The first kappa shape index (κ1) is 14.3. The molecule has 2 N–H and O–H groups in total. The van der Waals surface area contributed by atoms with Crippen LogP contribution in [0.5, 0.6) is 0 Å². The van der Waals surface area contributed by atoms with Crippen LogP contribution < -0.4 is 10.6 Å². The highest BCUT2D eigenvalue weighted by atomic mass is 16.6. The van der Waals surface area contributed by atoms with Gasteiger partial charge in [0.05, 0.1) is 10.5 Å². The fourth-order valence-corrected chi connectivity index (χ4v) is 2.06. The Labute approximate surface area is 117 Å². The van der Waals surface area contributed by atoms with E-state index in [1.165, 1.54) is 12.1 Å². The highest BCUT2D eigenvalue weighted by Crippen LogP contribution is 2.24. The Morgan fingerprint density at radius 1 is 1.45 bits per heavy atom. The van der Waals surface area contributed by atoms with Crippen molar-refractivity contribution in [2.45, 2.75) is 38.6 Å². The number of amides is 1. The van der Waals surface area contributed by atoms with Crippen molar-refractivity contribution in [2.24, 2.45) is 0 Å². The number of nitro benzene ring substituents is 1. The van der Waals surface area contributed by atoms with Gasteiger partial charge in [-0.2, -0.15) is 0 Å². The summed E-state index contributed by atoms with van der Waals surface area (Å²) >= 11 is 0. The molecule has 20 heavy (non-hydrogen) atoms. The Kier molecular flexibility index (Phi) is 4.55. The maximum absolute atomic E-state index is 12.2. The number of hydrogen-bond donors (Lipinski definition) is 2. The smallest absolute Gasteiger partial charge is 0.270 e. The van der Waals surface area contributed by atoms with Crippen molar-refractivity contribution in [3.63, 3.8) is 0 Å². The topological polar surface area (TPSA) is 84.3 Å². The van der Waals surface area contributed by atoms with E-state index in [1.807, 2.05) is 6.92 Å². The molecule has 0 saturated heterocycles. The maximum Gasteiger partial charge on any atom is 0.270 e. The molecule has 6 heteroatoms. The number of rotatable bonds is 6. The van der Waals surface area contributed by atoms with Gasteiger partial charge in [-0.05, 0) is 31.7 Å². The van der Waals surface area contributed by atoms with E-state index >= 15 is 0 Å². The fraction of sp³-hybridized carbons (Fsp3) is 0.500. The lowest BCUT2D eigenvalue weighted by atomic mass is 9.93. The van der Waals surface area contributed by atoms with Gasteiger partial charge in [0.25, 0.3) is 11.6 Å². The molecule has 1 aromatic carbocycles. The summed E-state index contributed by atoms with van der Waals surface area (Å²) in [7, 11) is 0. The number of benzene rings is 1. The lowest BCUT2D eigenvalue weighted by molar-refractivity contribution is -0.384. The molecule has 1 saturated carbocycles. The minimum absolute atomic E-state index is 0.0641. The molecule has 0 heterocycles. The van der Waals surface area contributed by atoms with Gasteiger partial charge >= 0.3 is 0 Å². The van der Waals surface area contributed by atoms with Crippen molar-refractivity contribution < 1.29 is 9.72 Å². The van der Waals surface area contributed by atoms with Crippen molar-refractivity contribution in [1.82, 2.24) is 5.32 Å². The van der Waals surface area contributed by atoms with Crippen LogP contribution >= 0.6 is 0 Å². The Morgan fingerprint density at radius 3 is 2.75 bits per heavy atom. The predicted octanol–water partition coefficient (Wildman–Crippen LogP) is 2.70. The monoisotopic (exact) mass is 277 g/mol. The number of anilines is 1. The zero-order chi connectivity index (χ0) is 14.5. The zero-order valence-electron chi connectivity index (χ0n) is 11.5. The second-order valence-corrected chi connectivity index (χ2v) is 5.02. The van der Waals surface area contributed by atoms with Crippen LogP contribution in [0.25, 0.3) is 0 Å². The number of hydrogen-bond acceptors (Lipinski definition) is 4. The number of nitro groups is 1. The molecule has 1 amide bonds. The first-order valence-electron chi connectivity index (χ1n) is 6.95. The van der Waals surface area contributed by atoms with Crippen LogP contribution in [0.2, 0.25) is 0 Å². The molecule has 1 aliphatic carbocycles. The Hall–Kier alpha value is -2.11. The van der Waals surface area contributed by atoms with Gasteiger partial charge in [0.15, 0.2) is 0 Å². The normalized spacial score (nSPS) is 14.4. The SMILES string of the molecule is CCCNc1ccc([N+](=O)[O-])cc1C(=O)NC1CCC1. The molecule has 0 radical (unpaired) electrons. The quantitative estimate of drug-likeness (QED) is 0.618. The van der Waals surface area contributed by atoms with Gasteiger partial charge in [0.1, 0.15) is 0 Å². The summed E-state index contributed by atoms with van der Waals surface area (Å²) < 4.78 is 0. The van der Waals surface area contributed by atoms with E-state index in [0.717, 1.165) is 32.2 Å². The minimum atomic E-state index is -0.482. The summed E-state index contributed by atoms with van der Waals surface area (Å²) in [6, 6.07) is 4.56. The maximum atomic E-state index is 12.2. The molecule has 0 unspecified atom stereocenters. The summed E-state index contributed by atoms with van der Waals surface area (Å²) in [5.74, 6) is -0.239. The molecule has 1 aliphatic rings. The molecule has 1 aromatic rings. The summed E-state index contributed by atoms with van der Waals surface area (Å²) in [6.07, 6.45) is 4.01. The molecule has 0 bridgehead atoms. The number of nitrogens with one attached hydrogen (secondary N) is 2. The first-order chi connectivity index (χ1) is 9.61. The van der Waals surface area contributed by atoms with Crippen LogP contribution in [0.4, 0.5) is 11.4 Å². The van der Waals surface area contributed by atoms with Crippen LogP contribution in [0, 0.1) is 10.1 Å². The van der Waals surface area contributed by atoms with Crippen LogP contribution in [0.1, 0.15) is 43.0 Å². The average molecular weight is 277 g/mol. The standard InChI is InChI=1S/C14H19N3O3/c1-2-8-15-13-7-6-11(17(19)20)9-12(13)14(18)16-10-4-3-5-10/h6-7,9-10,15H,2-5,8H2,1H3,(H,16,18). The number of carbonyl (C=O) groups excluding carboxylic acids is 1. The largest absolute Gasteiger partial charge is 0.384 e. The van der Waals surface area contributed by atoms with Crippen molar-refractivity contribution in [2.75, 3.05) is 11.9 Å². The van der Waals surface area contributed by atoms with Gasteiger partial charge in [0.2, 0.25) is 0 Å². The molecule has 0 atom stereocenters. The molecule has 108 valence electrons. The van der Waals surface area contributed by atoms with Gasteiger partial charge in [-0.3, -0.25) is 14.9 Å². The highest BCUT2D eigenvalue weighted by Gasteiger charge is 2.23. The summed E-state index contributed by atoms with van der Waals surface area (Å²) in [4.78, 5) is 22.6. The van der Waals surface area contributed by atoms with Gasteiger partial charge < -0.3 is 10.6 Å². The van der Waals surface area contributed by atoms with Gasteiger partial charge in [-0.1, -0.05) is 6.92 Å². The Balaban J connectivity index is 2.22. The van der Waals surface area contributed by atoms with E-state index in [0.29, 0.717) is 11.3 Å². The number of nitrogens with zero attached hydrogens (tertiary/aromatic N) is 1. The zero-order valence-corrected chi connectivity index (χ0v) is 11.5. The molecule has 0 aliphatic heterocycles. The lowest BCUT2D eigenvalue weighted by Crippen LogP contribution is -2.39. The second-order valence-electron chi connectivity index (χ2n) is 5.02. The number of non-ortho nitro benzene ring substituents is 1. The molecular formula is C14H19N3O3. The van der Waals surface area contributed by atoms with Crippen LogP contribution in [0.15, 0.2) is 18.2 Å². The van der Waals surface area contributed by atoms with Crippen molar-refractivity contribution in [3.8, 4) is 0 Å². The Bertz CT molecular complexity index is 512. The summed E-state index contributed by atoms with van der Waals surface area (Å²) in [6.45, 7) is 2.74. The molecule has 0 spiro atoms. The van der Waals surface area contributed by atoms with Gasteiger partial charge in [0, 0.05) is 30.4 Å². The molecule has 2 rings (SSSR count). The van der Waals surface area contributed by atoms with E-state index in [9.17, 15) is 14.9 Å². The minimum Gasteiger partial charge on any atom is -0.384 e. The third-order valence-electron chi connectivity index (χ3n) is 3.46. The first-order valence-corrected chi connectivity index (χ1v) is 6.95. The van der Waals surface area contributed by atoms with Crippen molar-refractivity contribution >= 4 is 17.3 Å². The van der Waals surface area contributed by atoms with Crippen LogP contribution in [0.3, 0.4) is 0 Å². The molecular weight excluding hydrogens is 258 g/mol. The van der Waals surface area contributed by atoms with E-state index < -0.39 is 4.92 Å². The van der Waals surface area contributed by atoms with Crippen molar-refractivity contribution in [1.29, 1.82) is 0 Å². The number of carbonyl (C=O) groups is 1. The van der Waals surface area contributed by atoms with Crippen molar-refractivity contribution in [3.05, 3.63) is 33.9 Å². The fourth-order valence-electron chi connectivity index (χ4n) is 2.06. The Morgan fingerprint density at radius 2 is 2.20 bits per heavy atom. The second kappa shape index (κ2) is 6.36. The van der Waals surface area contributed by atoms with E-state index in [2.05, 4.69) is 10.6 Å². The third-order valence-corrected chi connectivity index (χ3v) is 3.46. The van der Waals surface area contributed by atoms with Gasteiger partial charge in [-0.15, -0.1) is 0 Å². The lowest BCUT2D eigenvalue weighted by Gasteiger charge is -2.26. The third kappa shape index (κ3) is 3.26.